The van der Waals surface area contributed by atoms with Gasteiger partial charge < -0.3 is 9.64 Å². The van der Waals surface area contributed by atoms with E-state index >= 15 is 0 Å². The average Bonchev–Trinajstić information content (AvgIpc) is 3.31. The Morgan fingerprint density at radius 1 is 0.714 bits per heavy atom. The van der Waals surface area contributed by atoms with Crippen molar-refractivity contribution in [3.05, 3.63) is 132 Å². The lowest BCUT2D eigenvalue weighted by Crippen LogP contribution is -2.43. The first-order valence-electron chi connectivity index (χ1n) is 11.9. The topological polar surface area (TPSA) is 47.4 Å². The molecule has 1 saturated heterocycles. The van der Waals surface area contributed by atoms with Crippen LogP contribution >= 0.6 is 0 Å². The van der Waals surface area contributed by atoms with Gasteiger partial charge in [-0.05, 0) is 35.2 Å². The Hall–Kier alpha value is -4.38. The minimum atomic E-state index is -0.721. The lowest BCUT2D eigenvalue weighted by Gasteiger charge is -2.36. The van der Waals surface area contributed by atoms with E-state index in [9.17, 15) is 4.79 Å². The van der Waals surface area contributed by atoms with Crippen molar-refractivity contribution in [3.8, 4) is 5.75 Å². The highest BCUT2D eigenvalue weighted by Crippen LogP contribution is 2.41. The summed E-state index contributed by atoms with van der Waals surface area (Å²) >= 11 is 0. The van der Waals surface area contributed by atoms with E-state index in [1.807, 2.05) is 47.3 Å². The molecule has 1 aliphatic heterocycles. The van der Waals surface area contributed by atoms with E-state index in [2.05, 4.69) is 72.8 Å². The molecular weight excluding hydrogens is 434 g/mol. The van der Waals surface area contributed by atoms with Gasteiger partial charge in [0.1, 0.15) is 11.3 Å². The summed E-state index contributed by atoms with van der Waals surface area (Å²) in [6, 6.07) is 36.9. The number of ether oxygens (including phenoxy) is 1. The van der Waals surface area contributed by atoms with Gasteiger partial charge >= 0.3 is 6.09 Å². The highest BCUT2D eigenvalue weighted by Gasteiger charge is 2.39. The second kappa shape index (κ2) is 8.76. The number of benzene rings is 4. The zero-order valence-electron chi connectivity index (χ0n) is 19.2. The first kappa shape index (κ1) is 21.2. The lowest BCUT2D eigenvalue weighted by atomic mass is 9.77. The maximum absolute atomic E-state index is 12.6. The van der Waals surface area contributed by atoms with Crippen LogP contribution < -0.4 is 4.74 Å². The summed E-state index contributed by atoms with van der Waals surface area (Å²) in [6.45, 7) is 1.49. The Morgan fingerprint density at radius 2 is 1.26 bits per heavy atom. The van der Waals surface area contributed by atoms with E-state index in [4.69, 9.17) is 9.84 Å². The summed E-state index contributed by atoms with van der Waals surface area (Å²) in [5.74, 6) is 0.522. The standard InChI is InChI=1S/C30H25N3O2/c34-29(32-20-11-21-32)35-28-19-10-18-27-26(28)22-33(31-27)30(23-12-4-1-5-13-23,24-14-6-2-7-15-24)25-16-8-3-9-17-25/h1-10,12-19,22H,11,20-21H2. The van der Waals surface area contributed by atoms with Crippen LogP contribution in [0, 0.1) is 0 Å². The third-order valence-electron chi connectivity index (χ3n) is 6.74. The molecule has 35 heavy (non-hydrogen) atoms. The van der Waals surface area contributed by atoms with Gasteiger partial charge in [0.05, 0.1) is 10.9 Å². The molecule has 5 heteroatoms. The van der Waals surface area contributed by atoms with Crippen LogP contribution in [0.25, 0.3) is 10.9 Å². The molecule has 0 unspecified atom stereocenters. The predicted molar refractivity (Wildman–Crippen MR) is 137 cm³/mol. The molecule has 0 bridgehead atoms. The fraction of sp³-hybridized carbons (Fsp3) is 0.133. The van der Waals surface area contributed by atoms with Gasteiger partial charge in [0.2, 0.25) is 0 Å². The van der Waals surface area contributed by atoms with Crippen LogP contribution in [0.4, 0.5) is 4.79 Å². The number of hydrogen-bond acceptors (Lipinski definition) is 3. The largest absolute Gasteiger partial charge is 0.415 e. The summed E-state index contributed by atoms with van der Waals surface area (Å²) < 4.78 is 7.82. The number of amides is 1. The second-order valence-corrected chi connectivity index (χ2v) is 8.78. The van der Waals surface area contributed by atoms with E-state index in [1.165, 1.54) is 0 Å². The van der Waals surface area contributed by atoms with Crippen LogP contribution in [-0.2, 0) is 5.54 Å². The summed E-state index contributed by atoms with van der Waals surface area (Å²) in [6.07, 6.45) is 2.71. The quantitative estimate of drug-likeness (QED) is 0.299. The van der Waals surface area contributed by atoms with Crippen molar-refractivity contribution in [2.45, 2.75) is 12.0 Å². The third kappa shape index (κ3) is 3.56. The molecule has 0 N–H and O–H groups in total. The van der Waals surface area contributed by atoms with Gasteiger partial charge in [-0.2, -0.15) is 5.10 Å². The van der Waals surface area contributed by atoms with Crippen molar-refractivity contribution in [2.75, 3.05) is 13.1 Å². The van der Waals surface area contributed by atoms with Crippen molar-refractivity contribution in [1.29, 1.82) is 0 Å². The second-order valence-electron chi connectivity index (χ2n) is 8.78. The zero-order valence-corrected chi connectivity index (χ0v) is 19.2. The zero-order chi connectivity index (χ0) is 23.7. The first-order valence-corrected chi connectivity index (χ1v) is 11.9. The molecule has 1 aromatic heterocycles. The third-order valence-corrected chi connectivity index (χ3v) is 6.74. The Balaban J connectivity index is 1.60. The molecule has 1 amide bonds. The molecule has 0 aliphatic carbocycles. The van der Waals surface area contributed by atoms with E-state index in [-0.39, 0.29) is 6.09 Å². The summed E-state index contributed by atoms with van der Waals surface area (Å²) in [4.78, 5) is 14.3. The van der Waals surface area contributed by atoms with Crippen LogP contribution in [0.2, 0.25) is 0 Å². The van der Waals surface area contributed by atoms with Crippen LogP contribution in [0.5, 0.6) is 5.75 Å². The number of nitrogens with zero attached hydrogens (tertiary/aromatic N) is 3. The van der Waals surface area contributed by atoms with Crippen molar-refractivity contribution in [1.82, 2.24) is 14.7 Å². The van der Waals surface area contributed by atoms with Crippen molar-refractivity contribution < 1.29 is 9.53 Å². The van der Waals surface area contributed by atoms with Gasteiger partial charge in [0.25, 0.3) is 0 Å². The smallest absolute Gasteiger partial charge is 0.409 e. The maximum atomic E-state index is 12.6. The van der Waals surface area contributed by atoms with Gasteiger partial charge in [-0.15, -0.1) is 0 Å². The number of aromatic nitrogens is 2. The molecule has 0 radical (unpaired) electrons. The average molecular weight is 460 g/mol. The van der Waals surface area contributed by atoms with E-state index in [0.29, 0.717) is 5.75 Å². The van der Waals surface area contributed by atoms with Gasteiger partial charge in [-0.3, -0.25) is 4.68 Å². The molecule has 1 fully saturated rings. The first-order chi connectivity index (χ1) is 17.3. The Morgan fingerprint density at radius 3 is 1.74 bits per heavy atom. The van der Waals surface area contributed by atoms with Crippen LogP contribution in [0.1, 0.15) is 23.1 Å². The van der Waals surface area contributed by atoms with Crippen molar-refractivity contribution >= 4 is 17.0 Å². The molecule has 0 atom stereocenters. The molecule has 2 heterocycles. The van der Waals surface area contributed by atoms with Crippen LogP contribution in [0.15, 0.2) is 115 Å². The van der Waals surface area contributed by atoms with Gasteiger partial charge in [0.15, 0.2) is 0 Å². The Labute approximate surface area is 204 Å². The molecule has 5 nitrogen and oxygen atoms in total. The van der Waals surface area contributed by atoms with E-state index in [0.717, 1.165) is 47.1 Å². The normalized spacial score (nSPS) is 13.4. The fourth-order valence-corrected chi connectivity index (χ4v) is 4.87. The number of fused-ring (bicyclic) bond motifs is 1. The van der Waals surface area contributed by atoms with Crippen LogP contribution in [0.3, 0.4) is 0 Å². The predicted octanol–water partition coefficient (Wildman–Crippen LogP) is 6.08. The molecular formula is C30H25N3O2. The molecule has 6 rings (SSSR count). The molecule has 0 saturated carbocycles. The van der Waals surface area contributed by atoms with Gasteiger partial charge in [-0.1, -0.05) is 97.1 Å². The minimum absolute atomic E-state index is 0.308. The van der Waals surface area contributed by atoms with E-state index < -0.39 is 5.54 Å². The van der Waals surface area contributed by atoms with Crippen LogP contribution in [-0.4, -0.2) is 33.9 Å². The fourth-order valence-electron chi connectivity index (χ4n) is 4.87. The number of rotatable bonds is 5. The molecule has 5 aromatic rings. The Bertz CT molecular complexity index is 1360. The molecule has 172 valence electrons. The number of carbonyl (C=O) groups excluding carboxylic acids is 1. The van der Waals surface area contributed by atoms with Crippen molar-refractivity contribution in [2.24, 2.45) is 0 Å². The number of likely N-dealkylation sites (tertiary alicyclic amines) is 1. The molecule has 1 aliphatic rings. The Kier molecular flexibility index (Phi) is 5.30. The molecule has 0 spiro atoms. The maximum Gasteiger partial charge on any atom is 0.415 e. The SMILES string of the molecule is O=C(Oc1cccc2nn(C(c3ccccc3)(c3ccccc3)c3ccccc3)cc12)N1CCC1. The summed E-state index contributed by atoms with van der Waals surface area (Å²) in [7, 11) is 0. The van der Waals surface area contributed by atoms with E-state index in [1.54, 1.807) is 4.90 Å². The molecule has 4 aromatic carbocycles. The highest BCUT2D eigenvalue weighted by molar-refractivity contribution is 5.87. The highest BCUT2D eigenvalue weighted by atomic mass is 16.6. The van der Waals surface area contributed by atoms with Gasteiger partial charge in [-0.25, -0.2) is 4.79 Å². The monoisotopic (exact) mass is 459 g/mol. The lowest BCUT2D eigenvalue weighted by molar-refractivity contribution is 0.125. The minimum Gasteiger partial charge on any atom is -0.409 e. The summed E-state index contributed by atoms with van der Waals surface area (Å²) in [5.41, 5.74) is 3.31. The van der Waals surface area contributed by atoms with Gasteiger partial charge in [0, 0.05) is 19.3 Å². The number of hydrogen-bond donors (Lipinski definition) is 0. The van der Waals surface area contributed by atoms with Crippen molar-refractivity contribution in [3.63, 3.8) is 0 Å². The summed E-state index contributed by atoms with van der Waals surface area (Å²) in [5, 5.41) is 5.87. The number of carbonyl (C=O) groups is 1.